The molecule has 156 valence electrons. The second-order valence-electron chi connectivity index (χ2n) is 10.6. The minimum Gasteiger partial charge on any atom is -0.393 e. The molecule has 6 rings (SSSR count). The first-order valence-electron chi connectivity index (χ1n) is 11.3. The highest BCUT2D eigenvalue weighted by Gasteiger charge is 2.69. The zero-order valence-electron chi connectivity index (χ0n) is 17.2. The highest BCUT2D eigenvalue weighted by Crippen LogP contribution is 2.69. The molecule has 6 aliphatic rings. The number of allylic oxidation sites excluding steroid dienone is 1. The van der Waals surface area contributed by atoms with Crippen LogP contribution in [0.1, 0.15) is 58.8 Å². The van der Waals surface area contributed by atoms with Crippen LogP contribution in [0.25, 0.3) is 0 Å². The molecule has 5 nitrogen and oxygen atoms in total. The lowest BCUT2D eigenvalue weighted by Gasteiger charge is -2.61. The molecule has 0 bridgehead atoms. The normalized spacial score (nSPS) is 51.0. The summed E-state index contributed by atoms with van der Waals surface area (Å²) in [5, 5.41) is 11.5. The molecule has 0 aromatic heterocycles. The lowest BCUT2D eigenvalue weighted by molar-refractivity contribution is -0.258. The highest BCUT2D eigenvalue weighted by atomic mass is 16.7. The number of ether oxygens (including phenoxy) is 4. The third-order valence-electron chi connectivity index (χ3n) is 9.66. The Balaban J connectivity index is 1.35. The average molecular weight is 391 g/mol. The predicted octanol–water partition coefficient (Wildman–Crippen LogP) is 3.41. The summed E-state index contributed by atoms with van der Waals surface area (Å²) in [5.41, 5.74) is 1.43. The first kappa shape index (κ1) is 18.3. The molecule has 0 aromatic rings. The van der Waals surface area contributed by atoms with Crippen molar-refractivity contribution in [2.45, 2.75) is 76.5 Å². The highest BCUT2D eigenvalue weighted by molar-refractivity contribution is 5.28. The van der Waals surface area contributed by atoms with E-state index in [1.54, 1.807) is 0 Å². The molecule has 6 atom stereocenters. The Morgan fingerprint density at radius 2 is 1.68 bits per heavy atom. The fourth-order valence-corrected chi connectivity index (χ4v) is 8.36. The Bertz CT molecular complexity index is 691. The lowest BCUT2D eigenvalue weighted by atomic mass is 9.46. The van der Waals surface area contributed by atoms with Crippen molar-refractivity contribution < 1.29 is 24.1 Å². The van der Waals surface area contributed by atoms with E-state index in [-0.39, 0.29) is 16.9 Å². The summed E-state index contributed by atoms with van der Waals surface area (Å²) in [4.78, 5) is 0. The summed E-state index contributed by atoms with van der Waals surface area (Å²) in [6.07, 6.45) is 9.00. The van der Waals surface area contributed by atoms with Crippen LogP contribution in [0, 0.1) is 28.6 Å². The van der Waals surface area contributed by atoms with E-state index >= 15 is 0 Å². The molecule has 0 aromatic carbocycles. The van der Waals surface area contributed by atoms with Crippen LogP contribution < -0.4 is 0 Å². The Morgan fingerprint density at radius 1 is 0.964 bits per heavy atom. The van der Waals surface area contributed by atoms with Crippen molar-refractivity contribution in [3.63, 3.8) is 0 Å². The van der Waals surface area contributed by atoms with Gasteiger partial charge in [-0.3, -0.25) is 0 Å². The molecule has 1 N–H and O–H groups in total. The first-order valence-corrected chi connectivity index (χ1v) is 11.3. The standard InChI is InChI=1S/C23H34O5/c1-20-7-8-22(25-9-10-26-22)13-15(20)3-4-16-17-5-6-23(27-11-12-28-23)21(17,2)14-18(24)19(16)20/h3,16-19,24H,4-14H2,1-2H3/t16-,17-,18+,19+,20-,21-/m0/s1. The zero-order chi connectivity index (χ0) is 19.2. The third-order valence-corrected chi connectivity index (χ3v) is 9.66. The average Bonchev–Trinajstić information content (AvgIpc) is 3.38. The molecule has 0 amide bonds. The number of hydrogen-bond acceptors (Lipinski definition) is 5. The molecule has 5 heteroatoms. The van der Waals surface area contributed by atoms with Crippen LogP contribution in [-0.2, 0) is 18.9 Å². The van der Waals surface area contributed by atoms with E-state index < -0.39 is 11.6 Å². The molecule has 4 aliphatic carbocycles. The number of fused-ring (bicyclic) bond motifs is 6. The van der Waals surface area contributed by atoms with Gasteiger partial charge < -0.3 is 24.1 Å². The summed E-state index contributed by atoms with van der Waals surface area (Å²) >= 11 is 0. The maximum absolute atomic E-state index is 11.5. The van der Waals surface area contributed by atoms with E-state index in [1.165, 1.54) is 5.57 Å². The summed E-state index contributed by atoms with van der Waals surface area (Å²) < 4.78 is 24.5. The fraction of sp³-hybridized carbons (Fsp3) is 0.913. The van der Waals surface area contributed by atoms with E-state index in [9.17, 15) is 5.11 Å². The van der Waals surface area contributed by atoms with Gasteiger partial charge in [0.05, 0.1) is 32.5 Å². The third kappa shape index (κ3) is 2.15. The minimum absolute atomic E-state index is 0.0529. The first-order chi connectivity index (χ1) is 13.4. The van der Waals surface area contributed by atoms with Crippen LogP contribution in [0.3, 0.4) is 0 Å². The predicted molar refractivity (Wildman–Crippen MR) is 102 cm³/mol. The van der Waals surface area contributed by atoms with Crippen LogP contribution >= 0.6 is 0 Å². The monoisotopic (exact) mass is 390 g/mol. The van der Waals surface area contributed by atoms with Crippen molar-refractivity contribution in [2.24, 2.45) is 28.6 Å². The van der Waals surface area contributed by atoms with Crippen LogP contribution in [0.5, 0.6) is 0 Å². The van der Waals surface area contributed by atoms with E-state index in [1.807, 2.05) is 0 Å². The molecule has 2 heterocycles. The zero-order valence-corrected chi connectivity index (χ0v) is 17.2. The van der Waals surface area contributed by atoms with Gasteiger partial charge in [-0.15, -0.1) is 0 Å². The van der Waals surface area contributed by atoms with Crippen LogP contribution in [0.15, 0.2) is 11.6 Å². The van der Waals surface area contributed by atoms with Crippen molar-refractivity contribution in [1.29, 1.82) is 0 Å². The van der Waals surface area contributed by atoms with Gasteiger partial charge in [0.25, 0.3) is 0 Å². The Labute approximate surface area is 167 Å². The summed E-state index contributed by atoms with van der Waals surface area (Å²) in [6.45, 7) is 7.53. The maximum atomic E-state index is 11.5. The number of hydrogen-bond donors (Lipinski definition) is 1. The van der Waals surface area contributed by atoms with Gasteiger partial charge in [0, 0.05) is 24.7 Å². The van der Waals surface area contributed by atoms with E-state index in [0.29, 0.717) is 44.2 Å². The van der Waals surface area contributed by atoms with Gasteiger partial charge in [-0.05, 0) is 48.9 Å². The Morgan fingerprint density at radius 3 is 2.43 bits per heavy atom. The fourth-order valence-electron chi connectivity index (χ4n) is 8.36. The number of aliphatic hydroxyl groups excluding tert-OH is 1. The van der Waals surface area contributed by atoms with Crippen LogP contribution in [0.4, 0.5) is 0 Å². The van der Waals surface area contributed by atoms with Crippen LogP contribution in [-0.4, -0.2) is 49.2 Å². The molecule has 0 unspecified atom stereocenters. The lowest BCUT2D eigenvalue weighted by Crippen LogP contribution is -2.60. The summed E-state index contributed by atoms with van der Waals surface area (Å²) in [5.74, 6) is 0.532. The van der Waals surface area contributed by atoms with Gasteiger partial charge in [0.1, 0.15) is 0 Å². The molecule has 2 spiro atoms. The minimum atomic E-state index is -0.462. The van der Waals surface area contributed by atoms with E-state index in [2.05, 4.69) is 19.9 Å². The van der Waals surface area contributed by atoms with E-state index in [0.717, 1.165) is 44.9 Å². The van der Waals surface area contributed by atoms with Crippen molar-refractivity contribution in [3.05, 3.63) is 11.6 Å². The second-order valence-corrected chi connectivity index (χ2v) is 10.6. The maximum Gasteiger partial charge on any atom is 0.174 e. The second kappa shape index (κ2) is 5.82. The van der Waals surface area contributed by atoms with Gasteiger partial charge in [-0.1, -0.05) is 25.5 Å². The molecule has 0 radical (unpaired) electrons. The molecule has 2 saturated heterocycles. The van der Waals surface area contributed by atoms with Crippen molar-refractivity contribution in [2.75, 3.05) is 26.4 Å². The van der Waals surface area contributed by atoms with Gasteiger partial charge in [0.2, 0.25) is 0 Å². The Hall–Kier alpha value is -0.460. The molecular formula is C23H34O5. The van der Waals surface area contributed by atoms with Crippen LogP contribution in [0.2, 0.25) is 0 Å². The molecule has 28 heavy (non-hydrogen) atoms. The van der Waals surface area contributed by atoms with Crippen molar-refractivity contribution >= 4 is 0 Å². The summed E-state index contributed by atoms with van der Waals surface area (Å²) in [6, 6.07) is 0. The van der Waals surface area contributed by atoms with E-state index in [4.69, 9.17) is 18.9 Å². The smallest absolute Gasteiger partial charge is 0.174 e. The number of rotatable bonds is 0. The molecular weight excluding hydrogens is 356 g/mol. The summed E-state index contributed by atoms with van der Waals surface area (Å²) in [7, 11) is 0. The van der Waals surface area contributed by atoms with Gasteiger partial charge >= 0.3 is 0 Å². The van der Waals surface area contributed by atoms with Gasteiger partial charge in [0.15, 0.2) is 11.6 Å². The topological polar surface area (TPSA) is 57.2 Å². The SMILES string of the molecule is C[C@]12CCC3(CC1=CC[C@@H]1[C@@H]2[C@H](O)C[C@@]2(C)[C@H]1CCC21OCCO1)OCCO3. The largest absolute Gasteiger partial charge is 0.393 e. The molecule has 2 aliphatic heterocycles. The quantitative estimate of drug-likeness (QED) is 0.643. The van der Waals surface area contributed by atoms with Crippen molar-refractivity contribution in [3.8, 4) is 0 Å². The van der Waals surface area contributed by atoms with Gasteiger partial charge in [-0.25, -0.2) is 0 Å². The van der Waals surface area contributed by atoms with Crippen molar-refractivity contribution in [1.82, 2.24) is 0 Å². The van der Waals surface area contributed by atoms with Gasteiger partial charge in [-0.2, -0.15) is 0 Å². The molecule has 3 saturated carbocycles. The Kier molecular flexibility index (Phi) is 3.81. The molecule has 5 fully saturated rings. The number of aliphatic hydroxyl groups is 1.